The Morgan fingerprint density at radius 3 is 2.68 bits per heavy atom. The zero-order valence-electron chi connectivity index (χ0n) is 10.9. The first-order valence-corrected chi connectivity index (χ1v) is 7.21. The van der Waals surface area contributed by atoms with Gasteiger partial charge in [-0.25, -0.2) is 4.98 Å². The molecule has 0 saturated carbocycles. The summed E-state index contributed by atoms with van der Waals surface area (Å²) in [5, 5.41) is 1.15. The van der Waals surface area contributed by atoms with Crippen LogP contribution in [-0.4, -0.2) is 4.98 Å². The Morgan fingerprint density at radius 2 is 1.89 bits per heavy atom. The van der Waals surface area contributed by atoms with Crippen molar-refractivity contribution in [3.05, 3.63) is 64.2 Å². The summed E-state index contributed by atoms with van der Waals surface area (Å²) in [6.07, 6.45) is 0.867. The topological polar surface area (TPSA) is 38.9 Å². The lowest BCUT2D eigenvalue weighted by Crippen LogP contribution is -2.01. The molecule has 1 heterocycles. The highest BCUT2D eigenvalue weighted by Gasteiger charge is 2.07. The molecule has 2 aromatic carbocycles. The quantitative estimate of drug-likeness (QED) is 0.787. The highest BCUT2D eigenvalue weighted by molar-refractivity contribution is 7.18. The van der Waals surface area contributed by atoms with Gasteiger partial charge in [-0.3, -0.25) is 0 Å². The lowest BCUT2D eigenvalue weighted by molar-refractivity contribution is 1.01. The van der Waals surface area contributed by atoms with Crippen LogP contribution in [0, 0.1) is 6.92 Å². The van der Waals surface area contributed by atoms with Crippen LogP contribution in [0.4, 0.5) is 0 Å². The average molecular weight is 268 g/mol. The lowest BCUT2D eigenvalue weighted by atomic mass is 10.1. The zero-order chi connectivity index (χ0) is 13.2. The molecule has 96 valence electrons. The minimum Gasteiger partial charge on any atom is -0.326 e. The summed E-state index contributed by atoms with van der Waals surface area (Å²) >= 11 is 1.77. The molecule has 1 aromatic heterocycles. The first-order valence-electron chi connectivity index (χ1n) is 6.39. The molecule has 2 nitrogen and oxygen atoms in total. The molecule has 19 heavy (non-hydrogen) atoms. The number of fused-ring (bicyclic) bond motifs is 1. The van der Waals surface area contributed by atoms with Crippen molar-refractivity contribution in [2.24, 2.45) is 5.73 Å². The van der Waals surface area contributed by atoms with Crippen LogP contribution in [0.15, 0.2) is 42.5 Å². The molecular weight excluding hydrogens is 252 g/mol. The molecule has 3 aromatic rings. The fourth-order valence-electron chi connectivity index (χ4n) is 2.25. The summed E-state index contributed by atoms with van der Waals surface area (Å²) < 4.78 is 1.26. The van der Waals surface area contributed by atoms with Crippen LogP contribution >= 0.6 is 11.3 Å². The number of benzene rings is 2. The second kappa shape index (κ2) is 5.11. The average Bonchev–Trinajstić information content (AvgIpc) is 2.80. The number of aryl methyl sites for hydroxylation is 1. The molecule has 0 unspecified atom stereocenters. The lowest BCUT2D eigenvalue weighted by Gasteiger charge is -2.04. The first kappa shape index (κ1) is 12.3. The van der Waals surface area contributed by atoms with Crippen molar-refractivity contribution >= 4 is 21.6 Å². The van der Waals surface area contributed by atoms with Gasteiger partial charge in [-0.15, -0.1) is 11.3 Å². The van der Waals surface area contributed by atoms with Gasteiger partial charge in [0.25, 0.3) is 0 Å². The number of thiazole rings is 1. The fraction of sp³-hybridized carbons (Fsp3) is 0.188. The normalized spacial score (nSPS) is 11.1. The standard InChI is InChI=1S/C16H16N2S/c1-11-6-7-14-15(8-11)19-16(18-14)9-12-4-2-3-5-13(12)10-17/h2-8H,9-10,17H2,1H3. The second-order valence-corrected chi connectivity index (χ2v) is 5.84. The number of rotatable bonds is 3. The molecular formula is C16H16N2S. The Bertz CT molecular complexity index is 716. The molecule has 0 atom stereocenters. The molecule has 0 aliphatic rings. The Hall–Kier alpha value is -1.71. The fourth-order valence-corrected chi connectivity index (χ4v) is 3.34. The number of nitrogens with zero attached hydrogens (tertiary/aromatic N) is 1. The Balaban J connectivity index is 1.96. The summed E-state index contributed by atoms with van der Waals surface area (Å²) in [7, 11) is 0. The third-order valence-electron chi connectivity index (χ3n) is 3.27. The molecule has 0 aliphatic heterocycles. The van der Waals surface area contributed by atoms with E-state index in [-0.39, 0.29) is 0 Å². The predicted octanol–water partition coefficient (Wildman–Crippen LogP) is 3.65. The van der Waals surface area contributed by atoms with Crippen LogP contribution in [0.3, 0.4) is 0 Å². The van der Waals surface area contributed by atoms with Gasteiger partial charge >= 0.3 is 0 Å². The van der Waals surface area contributed by atoms with Crippen molar-refractivity contribution < 1.29 is 0 Å². The van der Waals surface area contributed by atoms with E-state index in [1.807, 2.05) is 6.07 Å². The summed E-state index contributed by atoms with van der Waals surface area (Å²) in [5.74, 6) is 0. The predicted molar refractivity (Wildman–Crippen MR) is 81.5 cm³/mol. The van der Waals surface area contributed by atoms with Gasteiger partial charge in [-0.1, -0.05) is 30.3 Å². The molecule has 0 amide bonds. The molecule has 0 bridgehead atoms. The van der Waals surface area contributed by atoms with E-state index in [0.717, 1.165) is 16.9 Å². The molecule has 0 saturated heterocycles. The highest BCUT2D eigenvalue weighted by atomic mass is 32.1. The van der Waals surface area contributed by atoms with E-state index in [0.29, 0.717) is 6.54 Å². The molecule has 3 heteroatoms. The zero-order valence-corrected chi connectivity index (χ0v) is 11.7. The largest absolute Gasteiger partial charge is 0.326 e. The minimum atomic E-state index is 0.584. The summed E-state index contributed by atoms with van der Waals surface area (Å²) in [5.41, 5.74) is 10.6. The summed E-state index contributed by atoms with van der Waals surface area (Å²) in [6.45, 7) is 2.70. The van der Waals surface area contributed by atoms with Gasteiger partial charge in [0.05, 0.1) is 15.2 Å². The maximum Gasteiger partial charge on any atom is 0.0982 e. The van der Waals surface area contributed by atoms with E-state index in [9.17, 15) is 0 Å². The SMILES string of the molecule is Cc1ccc2nc(Cc3ccccc3CN)sc2c1. The second-order valence-electron chi connectivity index (χ2n) is 4.73. The number of hydrogen-bond donors (Lipinski definition) is 1. The van der Waals surface area contributed by atoms with Crippen molar-refractivity contribution in [1.29, 1.82) is 0 Å². The van der Waals surface area contributed by atoms with E-state index >= 15 is 0 Å². The number of nitrogens with two attached hydrogens (primary N) is 1. The van der Waals surface area contributed by atoms with Gasteiger partial charge in [0.1, 0.15) is 0 Å². The highest BCUT2D eigenvalue weighted by Crippen LogP contribution is 2.25. The maximum absolute atomic E-state index is 5.78. The number of hydrogen-bond acceptors (Lipinski definition) is 3. The summed E-state index contributed by atoms with van der Waals surface area (Å²) in [6, 6.07) is 14.7. The van der Waals surface area contributed by atoms with Gasteiger partial charge in [-0.2, -0.15) is 0 Å². The van der Waals surface area contributed by atoms with Crippen molar-refractivity contribution in [1.82, 2.24) is 4.98 Å². The van der Waals surface area contributed by atoms with Gasteiger partial charge < -0.3 is 5.73 Å². The Kier molecular flexibility index (Phi) is 3.32. The molecule has 2 N–H and O–H groups in total. The minimum absolute atomic E-state index is 0.584. The molecule has 0 radical (unpaired) electrons. The van der Waals surface area contributed by atoms with E-state index in [4.69, 9.17) is 10.7 Å². The molecule has 0 aliphatic carbocycles. The van der Waals surface area contributed by atoms with Crippen LogP contribution < -0.4 is 5.73 Å². The third kappa shape index (κ3) is 2.53. The monoisotopic (exact) mass is 268 g/mol. The van der Waals surface area contributed by atoms with E-state index < -0.39 is 0 Å². The van der Waals surface area contributed by atoms with E-state index in [1.165, 1.54) is 21.4 Å². The van der Waals surface area contributed by atoms with Crippen LogP contribution in [0.1, 0.15) is 21.7 Å². The van der Waals surface area contributed by atoms with E-state index in [1.54, 1.807) is 11.3 Å². The van der Waals surface area contributed by atoms with Gasteiger partial charge in [0.15, 0.2) is 0 Å². The van der Waals surface area contributed by atoms with Crippen LogP contribution in [0.5, 0.6) is 0 Å². The van der Waals surface area contributed by atoms with Crippen molar-refractivity contribution in [3.63, 3.8) is 0 Å². The smallest absolute Gasteiger partial charge is 0.0982 e. The van der Waals surface area contributed by atoms with Crippen molar-refractivity contribution in [2.45, 2.75) is 19.9 Å². The van der Waals surface area contributed by atoms with Crippen LogP contribution in [0.25, 0.3) is 10.2 Å². The Labute approximate surface area is 116 Å². The van der Waals surface area contributed by atoms with Gasteiger partial charge in [0, 0.05) is 13.0 Å². The first-order chi connectivity index (χ1) is 9.26. The summed E-state index contributed by atoms with van der Waals surface area (Å²) in [4.78, 5) is 4.70. The van der Waals surface area contributed by atoms with Crippen LogP contribution in [-0.2, 0) is 13.0 Å². The van der Waals surface area contributed by atoms with Crippen molar-refractivity contribution in [2.75, 3.05) is 0 Å². The molecule has 0 fully saturated rings. The van der Waals surface area contributed by atoms with Crippen molar-refractivity contribution in [3.8, 4) is 0 Å². The Morgan fingerprint density at radius 1 is 1.11 bits per heavy atom. The van der Waals surface area contributed by atoms with Gasteiger partial charge in [-0.05, 0) is 35.7 Å². The molecule has 0 spiro atoms. The van der Waals surface area contributed by atoms with E-state index in [2.05, 4.69) is 43.3 Å². The maximum atomic E-state index is 5.78. The molecule has 3 rings (SSSR count). The number of aromatic nitrogens is 1. The third-order valence-corrected chi connectivity index (χ3v) is 4.29. The van der Waals surface area contributed by atoms with Crippen LogP contribution in [0.2, 0.25) is 0 Å². The van der Waals surface area contributed by atoms with Gasteiger partial charge in [0.2, 0.25) is 0 Å².